The monoisotopic (exact) mass is 293 g/mol. The normalized spacial score (nSPS) is 21.1. The second-order valence-corrected chi connectivity index (χ2v) is 5.15. The zero-order chi connectivity index (χ0) is 13.6. The van der Waals surface area contributed by atoms with Crippen LogP contribution in [0, 0.1) is 0 Å². The van der Waals surface area contributed by atoms with Gasteiger partial charge >= 0.3 is 0 Å². The van der Waals surface area contributed by atoms with Crippen molar-refractivity contribution in [2.24, 2.45) is 0 Å². The summed E-state index contributed by atoms with van der Waals surface area (Å²) in [5, 5.41) is 14.1. The largest absolute Gasteiger partial charge is 0.372 e. The van der Waals surface area contributed by atoms with Gasteiger partial charge in [-0.05, 0) is 23.8 Å². The Morgan fingerprint density at radius 3 is 2.53 bits per heavy atom. The van der Waals surface area contributed by atoms with Crippen LogP contribution in [-0.2, 0) is 10.4 Å². The quantitative estimate of drug-likeness (QED) is 0.848. The van der Waals surface area contributed by atoms with Gasteiger partial charge in [-0.15, -0.1) is 0 Å². The number of amides is 1. The molecule has 0 aliphatic carbocycles. The summed E-state index contributed by atoms with van der Waals surface area (Å²) < 4.78 is 0. The second kappa shape index (κ2) is 4.23. The first-order valence-electron chi connectivity index (χ1n) is 5.62. The van der Waals surface area contributed by atoms with Crippen molar-refractivity contribution in [2.75, 3.05) is 5.32 Å². The van der Waals surface area contributed by atoms with E-state index in [1.54, 1.807) is 36.4 Å². The van der Waals surface area contributed by atoms with Crippen molar-refractivity contribution in [3.8, 4) is 0 Å². The first-order valence-corrected chi connectivity index (χ1v) is 6.38. The minimum atomic E-state index is -1.73. The average Bonchev–Trinajstić information content (AvgIpc) is 2.66. The number of rotatable bonds is 1. The summed E-state index contributed by atoms with van der Waals surface area (Å²) in [5.41, 5.74) is -0.228. The van der Waals surface area contributed by atoms with Crippen LogP contribution in [0.5, 0.6) is 0 Å². The molecule has 0 unspecified atom stereocenters. The molecule has 19 heavy (non-hydrogen) atoms. The summed E-state index contributed by atoms with van der Waals surface area (Å²) in [5.74, 6) is -0.493. The van der Waals surface area contributed by atoms with Gasteiger partial charge in [0.25, 0.3) is 5.91 Å². The predicted molar refractivity (Wildman–Crippen MR) is 74.5 cm³/mol. The molecule has 3 nitrogen and oxygen atoms in total. The van der Waals surface area contributed by atoms with Crippen LogP contribution < -0.4 is 5.32 Å². The third kappa shape index (κ3) is 1.74. The molecule has 0 saturated heterocycles. The molecule has 1 amide bonds. The number of hydrogen-bond acceptors (Lipinski definition) is 2. The Labute approximate surface area is 119 Å². The van der Waals surface area contributed by atoms with Crippen LogP contribution in [0.25, 0.3) is 0 Å². The molecule has 0 saturated carbocycles. The number of carbonyl (C=O) groups excluding carboxylic acids is 1. The summed E-state index contributed by atoms with van der Waals surface area (Å²) in [6, 6.07) is 11.7. The molecule has 0 bridgehead atoms. The molecular formula is C14H9Cl2NO2. The topological polar surface area (TPSA) is 49.3 Å². The highest BCUT2D eigenvalue weighted by molar-refractivity contribution is 6.42. The standard InChI is InChI=1S/C14H9Cl2NO2/c15-10-6-5-8(7-11(10)16)14(19)9-3-1-2-4-12(9)17-13(14)18/h1-7,19H,(H,17,18)/t14-/m1/s1. The van der Waals surface area contributed by atoms with Gasteiger partial charge in [0.15, 0.2) is 5.60 Å². The fourth-order valence-electron chi connectivity index (χ4n) is 2.25. The van der Waals surface area contributed by atoms with E-state index < -0.39 is 11.5 Å². The molecule has 2 aromatic rings. The smallest absolute Gasteiger partial charge is 0.265 e. The van der Waals surface area contributed by atoms with Gasteiger partial charge < -0.3 is 10.4 Å². The molecule has 2 aromatic carbocycles. The molecule has 0 fully saturated rings. The molecule has 0 spiro atoms. The molecule has 2 N–H and O–H groups in total. The number of hydrogen-bond donors (Lipinski definition) is 2. The van der Waals surface area contributed by atoms with Gasteiger partial charge in [-0.2, -0.15) is 0 Å². The van der Waals surface area contributed by atoms with Crippen molar-refractivity contribution in [3.05, 3.63) is 63.6 Å². The van der Waals surface area contributed by atoms with Gasteiger partial charge in [-0.3, -0.25) is 4.79 Å². The highest BCUT2D eigenvalue weighted by Gasteiger charge is 2.46. The van der Waals surface area contributed by atoms with Crippen LogP contribution in [0.4, 0.5) is 5.69 Å². The lowest BCUT2D eigenvalue weighted by molar-refractivity contribution is -0.129. The summed E-state index contributed by atoms with van der Waals surface area (Å²) in [6.45, 7) is 0. The van der Waals surface area contributed by atoms with Crippen LogP contribution >= 0.6 is 23.2 Å². The van der Waals surface area contributed by atoms with Crippen molar-refractivity contribution >= 4 is 34.8 Å². The molecular weight excluding hydrogens is 285 g/mol. The van der Waals surface area contributed by atoms with E-state index >= 15 is 0 Å². The molecule has 0 aromatic heterocycles. The van der Waals surface area contributed by atoms with Crippen LogP contribution in [0.1, 0.15) is 11.1 Å². The molecule has 1 heterocycles. The van der Waals surface area contributed by atoms with Gasteiger partial charge in [0, 0.05) is 11.3 Å². The lowest BCUT2D eigenvalue weighted by Gasteiger charge is -2.21. The van der Waals surface area contributed by atoms with E-state index in [1.165, 1.54) is 6.07 Å². The third-order valence-corrected chi connectivity index (χ3v) is 3.97. The Kier molecular flexibility index (Phi) is 2.78. The number of benzene rings is 2. The van der Waals surface area contributed by atoms with Crippen molar-refractivity contribution in [3.63, 3.8) is 0 Å². The van der Waals surface area contributed by atoms with Gasteiger partial charge in [-0.25, -0.2) is 0 Å². The molecule has 1 atom stereocenters. The lowest BCUT2D eigenvalue weighted by Crippen LogP contribution is -2.35. The van der Waals surface area contributed by atoms with Gasteiger partial charge in [0.2, 0.25) is 0 Å². The molecule has 96 valence electrons. The number of carbonyl (C=O) groups is 1. The number of halogens is 2. The van der Waals surface area contributed by atoms with Crippen LogP contribution in [0.2, 0.25) is 10.0 Å². The van der Waals surface area contributed by atoms with E-state index in [0.29, 0.717) is 26.9 Å². The van der Waals surface area contributed by atoms with Crippen molar-refractivity contribution in [1.29, 1.82) is 0 Å². The molecule has 5 heteroatoms. The summed E-state index contributed by atoms with van der Waals surface area (Å²) in [4.78, 5) is 12.1. The van der Waals surface area contributed by atoms with E-state index in [-0.39, 0.29) is 0 Å². The third-order valence-electron chi connectivity index (χ3n) is 3.23. The Bertz CT molecular complexity index is 687. The predicted octanol–water partition coefficient (Wildman–Crippen LogP) is 3.18. The van der Waals surface area contributed by atoms with E-state index in [1.807, 2.05) is 0 Å². The fourth-order valence-corrected chi connectivity index (χ4v) is 2.55. The first kappa shape index (κ1) is 12.5. The zero-order valence-electron chi connectivity index (χ0n) is 9.65. The van der Waals surface area contributed by atoms with E-state index in [0.717, 1.165) is 0 Å². The van der Waals surface area contributed by atoms with Crippen LogP contribution in [-0.4, -0.2) is 11.0 Å². The Hall–Kier alpha value is -1.55. The minimum Gasteiger partial charge on any atom is -0.372 e. The van der Waals surface area contributed by atoms with Crippen molar-refractivity contribution in [2.45, 2.75) is 5.60 Å². The van der Waals surface area contributed by atoms with Crippen molar-refractivity contribution in [1.82, 2.24) is 0 Å². The first-order chi connectivity index (χ1) is 9.03. The Balaban J connectivity index is 2.22. The van der Waals surface area contributed by atoms with Crippen LogP contribution in [0.3, 0.4) is 0 Å². The zero-order valence-corrected chi connectivity index (χ0v) is 11.2. The maximum Gasteiger partial charge on any atom is 0.265 e. The molecule has 0 radical (unpaired) electrons. The number of anilines is 1. The number of fused-ring (bicyclic) bond motifs is 1. The Morgan fingerprint density at radius 2 is 1.79 bits per heavy atom. The molecule has 3 rings (SSSR count). The van der Waals surface area contributed by atoms with E-state index in [2.05, 4.69) is 5.32 Å². The summed E-state index contributed by atoms with van der Waals surface area (Å²) in [7, 11) is 0. The van der Waals surface area contributed by atoms with Gasteiger partial charge in [0.1, 0.15) is 0 Å². The average molecular weight is 294 g/mol. The highest BCUT2D eigenvalue weighted by Crippen LogP contribution is 2.41. The SMILES string of the molecule is O=C1Nc2ccccc2[C@]1(O)c1ccc(Cl)c(Cl)c1. The molecule has 1 aliphatic heterocycles. The van der Waals surface area contributed by atoms with Crippen molar-refractivity contribution < 1.29 is 9.90 Å². The van der Waals surface area contributed by atoms with Gasteiger partial charge in [0.05, 0.1) is 10.0 Å². The maximum atomic E-state index is 12.1. The van der Waals surface area contributed by atoms with Crippen LogP contribution in [0.15, 0.2) is 42.5 Å². The number of nitrogens with one attached hydrogen (secondary N) is 1. The van der Waals surface area contributed by atoms with E-state index in [4.69, 9.17) is 23.2 Å². The minimum absolute atomic E-state index is 0.296. The second-order valence-electron chi connectivity index (χ2n) is 4.34. The molecule has 1 aliphatic rings. The summed E-state index contributed by atoms with van der Waals surface area (Å²) in [6.07, 6.45) is 0. The Morgan fingerprint density at radius 1 is 1.05 bits per heavy atom. The maximum absolute atomic E-state index is 12.1. The highest BCUT2D eigenvalue weighted by atomic mass is 35.5. The fraction of sp³-hybridized carbons (Fsp3) is 0.0714. The number of para-hydroxylation sites is 1. The number of aliphatic hydroxyl groups is 1. The van der Waals surface area contributed by atoms with Gasteiger partial charge in [-0.1, -0.05) is 47.5 Å². The lowest BCUT2D eigenvalue weighted by atomic mass is 9.87. The van der Waals surface area contributed by atoms with E-state index in [9.17, 15) is 9.90 Å². The summed E-state index contributed by atoms with van der Waals surface area (Å²) >= 11 is 11.8.